The van der Waals surface area contributed by atoms with Gasteiger partial charge in [-0.3, -0.25) is 23.7 Å². The van der Waals surface area contributed by atoms with Gasteiger partial charge in [0.15, 0.2) is 28.4 Å². The first-order chi connectivity index (χ1) is 23.1. The number of nitrogens with zero attached hydrogens (tertiary/aromatic N) is 4. The molecule has 1 amide bonds. The van der Waals surface area contributed by atoms with E-state index >= 15 is 0 Å². The fourth-order valence-electron chi connectivity index (χ4n) is 6.12. The normalized spacial score (nSPS) is 23.2. The van der Waals surface area contributed by atoms with Gasteiger partial charge in [-0.2, -0.15) is 17.6 Å². The van der Waals surface area contributed by atoms with E-state index in [0.717, 1.165) is 0 Å². The molecule has 5 rings (SSSR count). The average molecular weight is 713 g/mol. The standard InChI is InChI=1S/C29H28F4N6O9S/c1-34-24-20-25(37-15(36-24)6-4-12-3-5-14(30)49-12)39(26(38-20)29(31,32)33)21-13-11-28(13,27(46)35-2)23(48-19(45)10-8-17(42)43)22(21)47-18(44)9-7-16(40)41/h3,5,13,18,21-23,44H,7-11H2,1-2H3,(H,35,46)(H,40,41)(H,42,43)(H,34,36,37)/t13?,18?,21-,22?,23?,28+/m1/s1. The van der Waals surface area contributed by atoms with E-state index in [2.05, 4.69) is 37.4 Å². The third-order valence-electron chi connectivity index (χ3n) is 8.18. The van der Waals surface area contributed by atoms with Crippen LogP contribution in [0.3, 0.4) is 0 Å². The van der Waals surface area contributed by atoms with Gasteiger partial charge >= 0.3 is 24.1 Å². The summed E-state index contributed by atoms with van der Waals surface area (Å²) < 4.78 is 69.9. The molecule has 2 aliphatic rings. The second-order valence-corrected chi connectivity index (χ2v) is 12.2. The van der Waals surface area contributed by atoms with E-state index in [9.17, 15) is 41.8 Å². The number of amides is 1. The van der Waals surface area contributed by atoms with Gasteiger partial charge in [-0.1, -0.05) is 11.3 Å². The molecule has 2 fully saturated rings. The molecular formula is C29H28F4N6O9S. The molecule has 4 unspecified atom stereocenters. The zero-order chi connectivity index (χ0) is 35.8. The summed E-state index contributed by atoms with van der Waals surface area (Å²) in [7, 11) is 2.62. The van der Waals surface area contributed by atoms with Crippen molar-refractivity contribution < 1.29 is 61.5 Å². The lowest BCUT2D eigenvalue weighted by atomic mass is 9.97. The highest BCUT2D eigenvalue weighted by atomic mass is 32.1. The number of nitrogens with one attached hydrogen (secondary N) is 2. The summed E-state index contributed by atoms with van der Waals surface area (Å²) in [4.78, 5) is 61.0. The van der Waals surface area contributed by atoms with Crippen molar-refractivity contribution in [3.63, 3.8) is 0 Å². The number of alkyl halides is 3. The minimum Gasteiger partial charge on any atom is -0.481 e. The van der Waals surface area contributed by atoms with Gasteiger partial charge in [-0.25, -0.2) is 15.0 Å². The van der Waals surface area contributed by atoms with E-state index < -0.39 is 108 Å². The molecule has 3 aromatic heterocycles. The number of carboxylic acid groups (broad SMARTS) is 2. The van der Waals surface area contributed by atoms with Crippen LogP contribution in [0.2, 0.25) is 0 Å². The Morgan fingerprint density at radius 1 is 1.10 bits per heavy atom. The number of aliphatic carboxylic acids is 2. The minimum atomic E-state index is -5.15. The number of carbonyl (C=O) groups excluding carboxylic acids is 2. The Labute approximate surface area is 277 Å². The summed E-state index contributed by atoms with van der Waals surface area (Å²) in [6.07, 6.45) is -13.0. The lowest BCUT2D eigenvalue weighted by molar-refractivity contribution is -0.198. The highest BCUT2D eigenvalue weighted by Gasteiger charge is 2.78. The molecule has 0 spiro atoms. The number of imidazole rings is 1. The molecule has 3 aromatic rings. The molecule has 6 atom stereocenters. The van der Waals surface area contributed by atoms with Crippen LogP contribution in [0, 0.1) is 28.3 Å². The Morgan fingerprint density at radius 2 is 1.82 bits per heavy atom. The fraction of sp³-hybridized carbons (Fsp3) is 0.483. The highest BCUT2D eigenvalue weighted by molar-refractivity contribution is 7.10. The third-order valence-corrected chi connectivity index (χ3v) is 8.97. The predicted octanol–water partition coefficient (Wildman–Crippen LogP) is 2.14. The molecule has 0 saturated heterocycles. The van der Waals surface area contributed by atoms with Crippen molar-refractivity contribution in [3.8, 4) is 11.8 Å². The smallest absolute Gasteiger partial charge is 0.449 e. The molecule has 262 valence electrons. The van der Waals surface area contributed by atoms with Gasteiger partial charge in [0.2, 0.25) is 17.6 Å². The molecule has 0 bridgehead atoms. The molecule has 0 aromatic carbocycles. The van der Waals surface area contributed by atoms with Crippen LogP contribution in [0.4, 0.5) is 23.4 Å². The number of ether oxygens (including phenoxy) is 2. The molecule has 49 heavy (non-hydrogen) atoms. The number of carboxylic acids is 2. The van der Waals surface area contributed by atoms with Gasteiger partial charge in [0.1, 0.15) is 12.2 Å². The topological polar surface area (TPSA) is 215 Å². The molecule has 0 aliphatic heterocycles. The van der Waals surface area contributed by atoms with Crippen molar-refractivity contribution in [2.24, 2.45) is 11.3 Å². The first-order valence-electron chi connectivity index (χ1n) is 14.6. The molecule has 2 aliphatic carbocycles. The number of fused-ring (bicyclic) bond motifs is 2. The van der Waals surface area contributed by atoms with E-state index in [1.54, 1.807) is 0 Å². The van der Waals surface area contributed by atoms with Crippen molar-refractivity contribution in [2.45, 2.75) is 62.8 Å². The van der Waals surface area contributed by atoms with Gasteiger partial charge < -0.3 is 35.4 Å². The lowest BCUT2D eigenvalue weighted by Gasteiger charge is -2.33. The van der Waals surface area contributed by atoms with Gasteiger partial charge in [0, 0.05) is 26.4 Å². The second-order valence-electron chi connectivity index (χ2n) is 11.2. The second kappa shape index (κ2) is 13.6. The number of rotatable bonds is 12. The Morgan fingerprint density at radius 3 is 2.41 bits per heavy atom. The SMILES string of the molecule is CNC(=O)[C@@]12CC1[C@@H](n1c(C(F)(F)F)nc3c(NC)nc(C#Cc4ccc(F)s4)nc31)C(OC(O)CCC(=O)O)C2OC(=O)CCC(=O)O. The van der Waals surface area contributed by atoms with Crippen molar-refractivity contribution in [3.05, 3.63) is 33.8 Å². The summed E-state index contributed by atoms with van der Waals surface area (Å²) in [6, 6.07) is 0.991. The molecule has 15 nitrogen and oxygen atoms in total. The molecule has 2 saturated carbocycles. The number of halogens is 4. The number of thiophene rings is 1. The number of anilines is 1. The highest BCUT2D eigenvalue weighted by Crippen LogP contribution is 2.70. The summed E-state index contributed by atoms with van der Waals surface area (Å²) in [5, 5.41) is 33.4. The van der Waals surface area contributed by atoms with E-state index in [1.165, 1.54) is 26.2 Å². The third kappa shape index (κ3) is 7.00. The van der Waals surface area contributed by atoms with Crippen molar-refractivity contribution >= 4 is 52.1 Å². The van der Waals surface area contributed by atoms with Crippen LogP contribution < -0.4 is 10.6 Å². The maximum absolute atomic E-state index is 14.8. The van der Waals surface area contributed by atoms with E-state index in [0.29, 0.717) is 15.9 Å². The van der Waals surface area contributed by atoms with Gasteiger partial charge in [0.25, 0.3) is 0 Å². The van der Waals surface area contributed by atoms with E-state index in [4.69, 9.17) is 19.7 Å². The number of esters is 1. The Kier molecular flexibility index (Phi) is 9.81. The number of hydrogen-bond donors (Lipinski definition) is 5. The van der Waals surface area contributed by atoms with Gasteiger partial charge in [0.05, 0.1) is 35.6 Å². The zero-order valence-electron chi connectivity index (χ0n) is 25.6. The van der Waals surface area contributed by atoms with E-state index in [1.807, 2.05) is 0 Å². The minimum absolute atomic E-state index is 0.128. The van der Waals surface area contributed by atoms with Crippen molar-refractivity contribution in [1.82, 2.24) is 24.8 Å². The molecule has 3 heterocycles. The maximum atomic E-state index is 14.8. The molecular weight excluding hydrogens is 684 g/mol. The van der Waals surface area contributed by atoms with Crippen LogP contribution in [-0.2, 0) is 34.8 Å². The lowest BCUT2D eigenvalue weighted by Crippen LogP contribution is -2.47. The first-order valence-corrected chi connectivity index (χ1v) is 15.4. The molecule has 5 N–H and O–H groups in total. The van der Waals surface area contributed by atoms with Crippen LogP contribution in [-0.4, -0.2) is 91.2 Å². The van der Waals surface area contributed by atoms with Gasteiger partial charge in [-0.05, 0) is 30.4 Å². The van der Waals surface area contributed by atoms with Crippen LogP contribution in [0.5, 0.6) is 0 Å². The number of aliphatic hydroxyl groups excluding tert-OH is 1. The number of hydrogen-bond acceptors (Lipinski definition) is 12. The van der Waals surface area contributed by atoms with Crippen molar-refractivity contribution in [1.29, 1.82) is 0 Å². The Hall–Kier alpha value is -4.87. The largest absolute Gasteiger partial charge is 0.481 e. The predicted molar refractivity (Wildman–Crippen MR) is 158 cm³/mol. The quantitative estimate of drug-likeness (QED) is 0.0789. The van der Waals surface area contributed by atoms with Gasteiger partial charge in [-0.15, -0.1) is 0 Å². The summed E-state index contributed by atoms with van der Waals surface area (Å²) >= 11 is 0.717. The monoisotopic (exact) mass is 712 g/mol. The molecule has 20 heteroatoms. The number of aliphatic hydroxyl groups is 1. The maximum Gasteiger partial charge on any atom is 0.449 e. The Bertz CT molecular complexity index is 1870. The van der Waals surface area contributed by atoms with E-state index in [-0.39, 0.29) is 28.5 Å². The first kappa shape index (κ1) is 35.4. The zero-order valence-corrected chi connectivity index (χ0v) is 26.4. The molecule has 0 radical (unpaired) electrons. The summed E-state index contributed by atoms with van der Waals surface area (Å²) in [6.45, 7) is 0. The van der Waals surface area contributed by atoms with Crippen LogP contribution in [0.1, 0.15) is 54.7 Å². The van der Waals surface area contributed by atoms with Crippen LogP contribution in [0.25, 0.3) is 11.2 Å². The van der Waals surface area contributed by atoms with Crippen molar-refractivity contribution in [2.75, 3.05) is 19.4 Å². The van der Waals surface area contributed by atoms with Crippen LogP contribution >= 0.6 is 11.3 Å². The summed E-state index contributed by atoms with van der Waals surface area (Å²) in [5.74, 6) is -2.27. The van der Waals surface area contributed by atoms with Crippen LogP contribution in [0.15, 0.2) is 12.1 Å². The fourth-order valence-corrected chi connectivity index (χ4v) is 6.71. The number of aromatic nitrogens is 4. The Balaban J connectivity index is 1.71. The summed E-state index contributed by atoms with van der Waals surface area (Å²) in [5.41, 5.74) is -2.48. The number of carbonyl (C=O) groups is 4. The average Bonchev–Trinajstić information content (AvgIpc) is 3.28.